The zero-order chi connectivity index (χ0) is 47.2. The Morgan fingerprint density at radius 3 is 1.18 bits per heavy atom. The van der Waals surface area contributed by atoms with Gasteiger partial charge in [0.2, 0.25) is 0 Å². The summed E-state index contributed by atoms with van der Waals surface area (Å²) in [5.74, 6) is -1.13. The highest BCUT2D eigenvalue weighted by Gasteiger charge is 2.19. The van der Waals surface area contributed by atoms with Gasteiger partial charge < -0.3 is 14.2 Å². The van der Waals surface area contributed by atoms with E-state index in [1.807, 2.05) is 12.2 Å². The van der Waals surface area contributed by atoms with Gasteiger partial charge in [0.15, 0.2) is 6.10 Å². The minimum atomic E-state index is -0.853. The molecular weight excluding hydrogens is 805 g/mol. The summed E-state index contributed by atoms with van der Waals surface area (Å²) in [5, 5.41) is 0. The number of ether oxygens (including phenoxy) is 3. The van der Waals surface area contributed by atoms with Crippen molar-refractivity contribution in [3.63, 3.8) is 0 Å². The average molecular weight is 895 g/mol. The van der Waals surface area contributed by atoms with Crippen LogP contribution in [0.5, 0.6) is 0 Å². The molecular formula is C59H90O6. The topological polar surface area (TPSA) is 78.9 Å². The summed E-state index contributed by atoms with van der Waals surface area (Å²) in [5.41, 5.74) is 0. The van der Waals surface area contributed by atoms with Gasteiger partial charge in [0.05, 0.1) is 0 Å². The Bertz CT molecular complexity index is 1490. The second-order valence-corrected chi connectivity index (χ2v) is 16.0. The van der Waals surface area contributed by atoms with Gasteiger partial charge in [-0.3, -0.25) is 14.4 Å². The van der Waals surface area contributed by atoms with Crippen LogP contribution >= 0.6 is 0 Å². The molecule has 0 spiro atoms. The summed E-state index contributed by atoms with van der Waals surface area (Å²) in [6, 6.07) is 0. The fourth-order valence-electron chi connectivity index (χ4n) is 6.02. The van der Waals surface area contributed by atoms with E-state index in [2.05, 4.69) is 154 Å². The smallest absolute Gasteiger partial charge is 0.306 e. The molecule has 0 aliphatic heterocycles. The summed E-state index contributed by atoms with van der Waals surface area (Å²) in [4.78, 5) is 37.9. The lowest BCUT2D eigenvalue weighted by Gasteiger charge is -2.18. The Morgan fingerprint density at radius 2 is 0.708 bits per heavy atom. The summed E-state index contributed by atoms with van der Waals surface area (Å²) < 4.78 is 16.6. The van der Waals surface area contributed by atoms with Crippen molar-refractivity contribution in [1.29, 1.82) is 0 Å². The molecule has 6 nitrogen and oxygen atoms in total. The lowest BCUT2D eigenvalue weighted by Crippen LogP contribution is -2.30. The lowest BCUT2D eigenvalue weighted by molar-refractivity contribution is -0.166. The second kappa shape index (κ2) is 51.9. The molecule has 0 amide bonds. The van der Waals surface area contributed by atoms with E-state index in [0.29, 0.717) is 19.3 Å². The summed E-state index contributed by atoms with van der Waals surface area (Å²) in [6.07, 6.45) is 74.2. The Balaban J connectivity index is 4.64. The van der Waals surface area contributed by atoms with Gasteiger partial charge in [-0.25, -0.2) is 0 Å². The fraction of sp³-hybridized carbons (Fsp3) is 0.542. The molecule has 0 aromatic rings. The molecule has 0 aromatic carbocycles. The number of esters is 3. The monoisotopic (exact) mass is 895 g/mol. The summed E-state index contributed by atoms with van der Waals surface area (Å²) in [6.45, 7) is 6.27. The molecule has 65 heavy (non-hydrogen) atoms. The maximum atomic E-state index is 12.8. The van der Waals surface area contributed by atoms with Gasteiger partial charge in [0, 0.05) is 19.3 Å². The summed E-state index contributed by atoms with van der Waals surface area (Å²) >= 11 is 0. The van der Waals surface area contributed by atoms with E-state index >= 15 is 0 Å². The summed E-state index contributed by atoms with van der Waals surface area (Å²) in [7, 11) is 0. The third-order valence-electron chi connectivity index (χ3n) is 9.84. The van der Waals surface area contributed by atoms with E-state index in [-0.39, 0.29) is 38.0 Å². The van der Waals surface area contributed by atoms with Crippen molar-refractivity contribution in [2.24, 2.45) is 0 Å². The zero-order valence-corrected chi connectivity index (χ0v) is 41.2. The number of hydrogen-bond acceptors (Lipinski definition) is 6. The molecule has 0 aliphatic carbocycles. The number of carbonyl (C=O) groups excluding carboxylic acids is 3. The Labute approximate surface area is 397 Å². The van der Waals surface area contributed by atoms with Crippen molar-refractivity contribution in [3.05, 3.63) is 146 Å². The van der Waals surface area contributed by atoms with Crippen LogP contribution in [0.15, 0.2) is 146 Å². The van der Waals surface area contributed by atoms with Crippen LogP contribution in [0.3, 0.4) is 0 Å². The molecule has 0 bridgehead atoms. The first-order chi connectivity index (χ1) is 32.0. The first kappa shape index (κ1) is 60.3. The molecule has 0 aliphatic rings. The van der Waals surface area contributed by atoms with Crippen LogP contribution in [-0.4, -0.2) is 37.2 Å². The van der Waals surface area contributed by atoms with Gasteiger partial charge in [-0.05, 0) is 116 Å². The molecule has 362 valence electrons. The fourth-order valence-corrected chi connectivity index (χ4v) is 6.02. The highest BCUT2D eigenvalue weighted by atomic mass is 16.6. The largest absolute Gasteiger partial charge is 0.462 e. The molecule has 0 aromatic heterocycles. The minimum Gasteiger partial charge on any atom is -0.462 e. The number of carbonyl (C=O) groups is 3. The maximum absolute atomic E-state index is 12.8. The van der Waals surface area contributed by atoms with Crippen LogP contribution in [0.2, 0.25) is 0 Å². The maximum Gasteiger partial charge on any atom is 0.306 e. The standard InChI is InChI=1S/C59H90O6/c1-4-7-10-13-16-19-22-24-26-28-29-31-32-34-37-40-43-46-49-52-58(61)64-55-56(54-63-57(60)51-48-45-42-39-36-21-18-15-12-9-6-3)65-59(62)53-50-47-44-41-38-35-33-30-27-25-23-20-17-14-11-8-5-2/h7,10,15-21,24-27,29,31,33-37,41,43-44,46,56H,4-6,8-9,11-14,22-23,28,30,32,38-40,42,45,47-55H2,1-3H3/b10-7-,18-15-,19-16-,20-17-,26-24-,27-25-,31-29-,35-33-,36-21-,37-34-,44-41-,46-43-. The highest BCUT2D eigenvalue weighted by molar-refractivity contribution is 5.71. The van der Waals surface area contributed by atoms with Gasteiger partial charge in [-0.2, -0.15) is 0 Å². The number of unbranched alkanes of at least 4 members (excludes halogenated alkanes) is 9. The third-order valence-corrected chi connectivity index (χ3v) is 9.84. The predicted octanol–water partition coefficient (Wildman–Crippen LogP) is 16.9. The van der Waals surface area contributed by atoms with Crippen LogP contribution in [0.4, 0.5) is 0 Å². The van der Waals surface area contributed by atoms with Gasteiger partial charge >= 0.3 is 17.9 Å². The second-order valence-electron chi connectivity index (χ2n) is 16.0. The average Bonchev–Trinajstić information content (AvgIpc) is 3.30. The normalized spacial score (nSPS) is 13.3. The van der Waals surface area contributed by atoms with Crippen molar-refractivity contribution in [2.45, 2.75) is 194 Å². The van der Waals surface area contributed by atoms with Crippen LogP contribution in [-0.2, 0) is 28.6 Å². The Morgan fingerprint density at radius 1 is 0.338 bits per heavy atom. The SMILES string of the molecule is CC/C=C\C/C=C\C/C=C\C/C=C\C/C=C\C/C=C\CCC(=O)OCC(COC(=O)CCCCC/C=C\C=C/CCCC)OC(=O)CCC/C=C\C/C=C\C/C=C\C/C=C\CCCCC. The van der Waals surface area contributed by atoms with Crippen molar-refractivity contribution in [1.82, 2.24) is 0 Å². The first-order valence-corrected chi connectivity index (χ1v) is 25.4. The number of rotatable bonds is 43. The van der Waals surface area contributed by atoms with Gasteiger partial charge in [-0.1, -0.05) is 199 Å². The predicted molar refractivity (Wildman–Crippen MR) is 279 cm³/mol. The van der Waals surface area contributed by atoms with Crippen molar-refractivity contribution < 1.29 is 28.6 Å². The van der Waals surface area contributed by atoms with E-state index in [1.54, 1.807) is 0 Å². The van der Waals surface area contributed by atoms with Gasteiger partial charge in [0.25, 0.3) is 0 Å². The van der Waals surface area contributed by atoms with Gasteiger partial charge in [-0.15, -0.1) is 0 Å². The lowest BCUT2D eigenvalue weighted by atomic mass is 10.1. The van der Waals surface area contributed by atoms with E-state index < -0.39 is 12.1 Å². The van der Waals surface area contributed by atoms with Crippen LogP contribution in [0, 0.1) is 0 Å². The Kier molecular flexibility index (Phi) is 48.2. The zero-order valence-electron chi connectivity index (χ0n) is 41.2. The van der Waals surface area contributed by atoms with Crippen LogP contribution in [0.1, 0.15) is 188 Å². The molecule has 0 saturated carbocycles. The molecule has 1 atom stereocenters. The Hall–Kier alpha value is -4.71. The number of allylic oxidation sites excluding steroid dienone is 24. The van der Waals surface area contributed by atoms with E-state index in [4.69, 9.17) is 14.2 Å². The van der Waals surface area contributed by atoms with Crippen molar-refractivity contribution in [3.8, 4) is 0 Å². The molecule has 0 heterocycles. The quantitative estimate of drug-likeness (QED) is 0.0199. The van der Waals surface area contributed by atoms with Crippen molar-refractivity contribution >= 4 is 17.9 Å². The molecule has 0 radical (unpaired) electrons. The van der Waals surface area contributed by atoms with E-state index in [0.717, 1.165) is 96.3 Å². The third kappa shape index (κ3) is 50.2. The van der Waals surface area contributed by atoms with Gasteiger partial charge in [0.1, 0.15) is 13.2 Å². The molecule has 1 unspecified atom stereocenters. The van der Waals surface area contributed by atoms with Crippen LogP contribution in [0.25, 0.3) is 0 Å². The molecule has 0 rings (SSSR count). The minimum absolute atomic E-state index is 0.144. The van der Waals surface area contributed by atoms with Crippen LogP contribution < -0.4 is 0 Å². The molecule has 0 fully saturated rings. The molecule has 6 heteroatoms. The molecule has 0 N–H and O–H groups in total. The highest BCUT2D eigenvalue weighted by Crippen LogP contribution is 2.09. The van der Waals surface area contributed by atoms with E-state index in [9.17, 15) is 14.4 Å². The van der Waals surface area contributed by atoms with E-state index in [1.165, 1.54) is 38.5 Å². The first-order valence-electron chi connectivity index (χ1n) is 25.4. The number of hydrogen-bond donors (Lipinski definition) is 0. The van der Waals surface area contributed by atoms with Crippen molar-refractivity contribution in [2.75, 3.05) is 13.2 Å². The molecule has 0 saturated heterocycles.